The Hall–Kier alpha value is -2.33. The molecule has 2 atom stereocenters. The van der Waals surface area contributed by atoms with E-state index in [9.17, 15) is 0 Å². The number of rotatable bonds is 4. The molecule has 2 aromatic heterocycles. The van der Waals surface area contributed by atoms with Crippen LogP contribution in [0.2, 0.25) is 0 Å². The first-order valence-electron chi connectivity index (χ1n) is 8.85. The lowest BCUT2D eigenvalue weighted by Crippen LogP contribution is -2.05. The lowest BCUT2D eigenvalue weighted by molar-refractivity contribution is 0.123. The number of fused-ring (bicyclic) bond motifs is 1. The molecule has 2 unspecified atom stereocenters. The Morgan fingerprint density at radius 2 is 2.08 bits per heavy atom. The van der Waals surface area contributed by atoms with E-state index in [2.05, 4.69) is 42.6 Å². The number of nitrogens with zero attached hydrogens (tertiary/aromatic N) is 2. The third kappa shape index (κ3) is 3.14. The third-order valence-electron chi connectivity index (χ3n) is 5.12. The summed E-state index contributed by atoms with van der Waals surface area (Å²) in [7, 11) is 1.69. The molecule has 3 heterocycles. The maximum Gasteiger partial charge on any atom is 0.118 e. The van der Waals surface area contributed by atoms with Crippen molar-refractivity contribution in [3.8, 4) is 5.75 Å². The summed E-state index contributed by atoms with van der Waals surface area (Å²) in [6.07, 6.45) is 6.49. The molecule has 0 spiro atoms. The van der Waals surface area contributed by atoms with Gasteiger partial charge in [-0.1, -0.05) is 12.1 Å². The molecule has 1 saturated heterocycles. The summed E-state index contributed by atoms with van der Waals surface area (Å²) < 4.78 is 13.2. The van der Waals surface area contributed by atoms with Crippen LogP contribution in [-0.2, 0) is 11.2 Å². The molecule has 130 valence electrons. The van der Waals surface area contributed by atoms with Gasteiger partial charge >= 0.3 is 0 Å². The normalized spacial score (nSPS) is 20.3. The Morgan fingerprint density at radius 1 is 1.28 bits per heavy atom. The fourth-order valence-electron chi connectivity index (χ4n) is 3.66. The number of methoxy groups -OCH3 is 1. The van der Waals surface area contributed by atoms with Crippen molar-refractivity contribution in [2.45, 2.75) is 38.7 Å². The predicted octanol–water partition coefficient (Wildman–Crippen LogP) is 4.13. The molecule has 0 bridgehead atoms. The molecule has 25 heavy (non-hydrogen) atoms. The number of hydrogen-bond donors (Lipinski definition) is 0. The first kappa shape index (κ1) is 16.2. The molecule has 3 aromatic rings. The van der Waals surface area contributed by atoms with Gasteiger partial charge in [-0.25, -0.2) is 4.98 Å². The Bertz CT molecular complexity index is 883. The standard InChI is InChI=1S/C21H24N2O2/c1-14-12-23-19(11-22-21(23)18-8-15(2)25-13-18)10-17(14)9-16-4-6-20(24-3)7-5-16/h4-7,10-12,15,18H,8-9,13H2,1-3H3. The van der Waals surface area contributed by atoms with Crippen molar-refractivity contribution < 1.29 is 9.47 Å². The maximum atomic E-state index is 5.73. The van der Waals surface area contributed by atoms with E-state index in [0.717, 1.165) is 36.5 Å². The molecule has 0 amide bonds. The van der Waals surface area contributed by atoms with Gasteiger partial charge < -0.3 is 13.9 Å². The fraction of sp³-hybridized carbons (Fsp3) is 0.381. The molecular formula is C21H24N2O2. The first-order valence-corrected chi connectivity index (χ1v) is 8.85. The largest absolute Gasteiger partial charge is 0.497 e. The highest BCUT2D eigenvalue weighted by Crippen LogP contribution is 2.29. The molecule has 4 rings (SSSR count). The molecular weight excluding hydrogens is 312 g/mol. The van der Waals surface area contributed by atoms with Crippen LogP contribution in [0.15, 0.2) is 42.7 Å². The number of aryl methyl sites for hydroxylation is 1. The van der Waals surface area contributed by atoms with Gasteiger partial charge in [0.25, 0.3) is 0 Å². The average molecular weight is 336 g/mol. The Balaban J connectivity index is 1.63. The van der Waals surface area contributed by atoms with Crippen LogP contribution in [0.3, 0.4) is 0 Å². The van der Waals surface area contributed by atoms with Crippen molar-refractivity contribution in [3.05, 3.63) is 65.2 Å². The van der Waals surface area contributed by atoms with Crippen molar-refractivity contribution >= 4 is 5.52 Å². The van der Waals surface area contributed by atoms with Crippen molar-refractivity contribution in [3.63, 3.8) is 0 Å². The highest BCUT2D eigenvalue weighted by molar-refractivity contribution is 5.52. The molecule has 4 heteroatoms. The second-order valence-electron chi connectivity index (χ2n) is 6.99. The monoisotopic (exact) mass is 336 g/mol. The summed E-state index contributed by atoms with van der Waals surface area (Å²) in [5, 5.41) is 0. The number of aromatic nitrogens is 2. The second kappa shape index (κ2) is 6.52. The van der Waals surface area contributed by atoms with Crippen LogP contribution in [0.25, 0.3) is 5.52 Å². The van der Waals surface area contributed by atoms with E-state index in [0.29, 0.717) is 12.0 Å². The van der Waals surface area contributed by atoms with Crippen LogP contribution < -0.4 is 4.74 Å². The van der Waals surface area contributed by atoms with E-state index in [1.165, 1.54) is 16.7 Å². The van der Waals surface area contributed by atoms with Crippen LogP contribution in [0, 0.1) is 6.92 Å². The van der Waals surface area contributed by atoms with Gasteiger partial charge in [-0.2, -0.15) is 0 Å². The molecule has 1 fully saturated rings. The molecule has 0 N–H and O–H groups in total. The minimum Gasteiger partial charge on any atom is -0.497 e. The average Bonchev–Trinajstić information content (AvgIpc) is 3.21. The van der Waals surface area contributed by atoms with Crippen molar-refractivity contribution in [1.29, 1.82) is 0 Å². The van der Waals surface area contributed by atoms with Gasteiger partial charge in [0.1, 0.15) is 11.6 Å². The number of ether oxygens (including phenoxy) is 2. The van der Waals surface area contributed by atoms with Gasteiger partial charge in [-0.05, 0) is 61.6 Å². The molecule has 0 aliphatic carbocycles. The molecule has 1 aromatic carbocycles. The van der Waals surface area contributed by atoms with E-state index in [1.54, 1.807) is 7.11 Å². The van der Waals surface area contributed by atoms with Gasteiger partial charge in [0.05, 0.1) is 31.5 Å². The van der Waals surface area contributed by atoms with Crippen molar-refractivity contribution in [2.75, 3.05) is 13.7 Å². The van der Waals surface area contributed by atoms with Crippen LogP contribution in [-0.4, -0.2) is 29.2 Å². The van der Waals surface area contributed by atoms with E-state index >= 15 is 0 Å². The Kier molecular flexibility index (Phi) is 4.22. The number of hydrogen-bond acceptors (Lipinski definition) is 3. The lowest BCUT2D eigenvalue weighted by atomic mass is 10.0. The lowest BCUT2D eigenvalue weighted by Gasteiger charge is -2.11. The molecule has 1 aliphatic rings. The Morgan fingerprint density at radius 3 is 2.76 bits per heavy atom. The van der Waals surface area contributed by atoms with Crippen LogP contribution >= 0.6 is 0 Å². The summed E-state index contributed by atoms with van der Waals surface area (Å²) in [5.41, 5.74) is 5.06. The molecule has 0 saturated carbocycles. The van der Waals surface area contributed by atoms with E-state index < -0.39 is 0 Å². The summed E-state index contributed by atoms with van der Waals surface area (Å²) in [6.45, 7) is 5.08. The quantitative estimate of drug-likeness (QED) is 0.718. The zero-order valence-corrected chi connectivity index (χ0v) is 15.0. The SMILES string of the molecule is COc1ccc(Cc2cc3cnc(C4COC(C)C4)n3cc2C)cc1. The summed E-state index contributed by atoms with van der Waals surface area (Å²) >= 11 is 0. The number of pyridine rings is 1. The minimum atomic E-state index is 0.327. The molecule has 4 nitrogen and oxygen atoms in total. The topological polar surface area (TPSA) is 35.8 Å². The molecule has 0 radical (unpaired) electrons. The van der Waals surface area contributed by atoms with E-state index in [-0.39, 0.29) is 0 Å². The van der Waals surface area contributed by atoms with Gasteiger partial charge in [0, 0.05) is 12.1 Å². The predicted molar refractivity (Wildman–Crippen MR) is 98.5 cm³/mol. The third-order valence-corrected chi connectivity index (χ3v) is 5.12. The van der Waals surface area contributed by atoms with Gasteiger partial charge in [0.15, 0.2) is 0 Å². The highest BCUT2D eigenvalue weighted by Gasteiger charge is 2.27. The van der Waals surface area contributed by atoms with E-state index in [1.807, 2.05) is 18.3 Å². The minimum absolute atomic E-state index is 0.327. The maximum absolute atomic E-state index is 5.73. The first-order chi connectivity index (χ1) is 12.1. The summed E-state index contributed by atoms with van der Waals surface area (Å²) in [5.74, 6) is 2.41. The van der Waals surface area contributed by atoms with Crippen LogP contribution in [0.5, 0.6) is 5.75 Å². The number of benzene rings is 1. The fourth-order valence-corrected chi connectivity index (χ4v) is 3.66. The van der Waals surface area contributed by atoms with E-state index in [4.69, 9.17) is 14.5 Å². The highest BCUT2D eigenvalue weighted by atomic mass is 16.5. The molecule has 1 aliphatic heterocycles. The Labute approximate surface area is 148 Å². The van der Waals surface area contributed by atoms with Gasteiger partial charge in [-0.3, -0.25) is 0 Å². The zero-order valence-electron chi connectivity index (χ0n) is 15.0. The van der Waals surface area contributed by atoms with Crippen LogP contribution in [0.4, 0.5) is 0 Å². The smallest absolute Gasteiger partial charge is 0.118 e. The van der Waals surface area contributed by atoms with Crippen molar-refractivity contribution in [2.24, 2.45) is 0 Å². The second-order valence-corrected chi connectivity index (χ2v) is 6.99. The zero-order chi connectivity index (χ0) is 17.4. The summed E-state index contributed by atoms with van der Waals surface area (Å²) in [6, 6.07) is 10.5. The van der Waals surface area contributed by atoms with Gasteiger partial charge in [0.2, 0.25) is 0 Å². The van der Waals surface area contributed by atoms with Crippen LogP contribution in [0.1, 0.15) is 41.8 Å². The van der Waals surface area contributed by atoms with Gasteiger partial charge in [-0.15, -0.1) is 0 Å². The number of imidazole rings is 1. The summed E-state index contributed by atoms with van der Waals surface area (Å²) in [4.78, 5) is 4.69. The van der Waals surface area contributed by atoms with Crippen molar-refractivity contribution in [1.82, 2.24) is 9.38 Å².